The molecular formula is C21H24N4O2. The average molecular weight is 364 g/mol. The fraction of sp³-hybridized carbons (Fsp3) is 0.333. The van der Waals surface area contributed by atoms with Gasteiger partial charge in [0.25, 0.3) is 0 Å². The lowest BCUT2D eigenvalue weighted by Crippen LogP contribution is -2.46. The van der Waals surface area contributed by atoms with Crippen LogP contribution >= 0.6 is 0 Å². The molecule has 0 saturated carbocycles. The highest BCUT2D eigenvalue weighted by Gasteiger charge is 2.23. The van der Waals surface area contributed by atoms with Gasteiger partial charge in [-0.05, 0) is 42.3 Å². The Morgan fingerprint density at radius 2 is 1.93 bits per heavy atom. The quantitative estimate of drug-likeness (QED) is 0.770. The molecule has 6 nitrogen and oxygen atoms in total. The number of aromatic nitrogens is 2. The van der Waals surface area contributed by atoms with Crippen LogP contribution in [0.5, 0.6) is 5.75 Å². The Morgan fingerprint density at radius 1 is 1.15 bits per heavy atom. The Hall–Kier alpha value is -3.02. The molecule has 0 atom stereocenters. The molecule has 2 amide bonds. The van der Waals surface area contributed by atoms with Gasteiger partial charge in [-0.2, -0.15) is 0 Å². The third-order valence-corrected chi connectivity index (χ3v) is 4.95. The van der Waals surface area contributed by atoms with Crippen molar-refractivity contribution < 1.29 is 9.53 Å². The smallest absolute Gasteiger partial charge is 0.317 e. The van der Waals surface area contributed by atoms with Crippen molar-refractivity contribution in [1.29, 1.82) is 0 Å². The van der Waals surface area contributed by atoms with Crippen LogP contribution in [0.3, 0.4) is 0 Å². The van der Waals surface area contributed by atoms with E-state index in [9.17, 15) is 4.79 Å². The van der Waals surface area contributed by atoms with E-state index in [0.717, 1.165) is 48.5 Å². The number of carbonyl (C=O) groups is 1. The second-order valence-electron chi connectivity index (χ2n) is 6.77. The molecule has 3 aromatic rings. The number of piperidine rings is 1. The zero-order valence-electron chi connectivity index (χ0n) is 15.5. The van der Waals surface area contributed by atoms with Gasteiger partial charge in [-0.15, -0.1) is 0 Å². The first-order chi connectivity index (χ1) is 13.2. The van der Waals surface area contributed by atoms with Crippen LogP contribution in [0.2, 0.25) is 0 Å². The van der Waals surface area contributed by atoms with Gasteiger partial charge >= 0.3 is 6.03 Å². The highest BCUT2D eigenvalue weighted by Crippen LogP contribution is 2.25. The van der Waals surface area contributed by atoms with E-state index in [2.05, 4.69) is 34.6 Å². The largest absolute Gasteiger partial charge is 0.490 e. The van der Waals surface area contributed by atoms with Gasteiger partial charge in [-0.25, -0.2) is 9.78 Å². The molecule has 1 aliphatic rings. The summed E-state index contributed by atoms with van der Waals surface area (Å²) in [4.78, 5) is 18.1. The van der Waals surface area contributed by atoms with Gasteiger partial charge in [0, 0.05) is 51.1 Å². The van der Waals surface area contributed by atoms with Crippen molar-refractivity contribution in [2.45, 2.75) is 25.9 Å². The highest BCUT2D eigenvalue weighted by molar-refractivity contribution is 5.74. The summed E-state index contributed by atoms with van der Waals surface area (Å²) >= 11 is 0. The molecule has 140 valence electrons. The molecular weight excluding hydrogens is 340 g/mol. The molecule has 0 bridgehead atoms. The first-order valence-corrected chi connectivity index (χ1v) is 9.45. The number of benzene rings is 1. The summed E-state index contributed by atoms with van der Waals surface area (Å²) in [6.07, 6.45) is 7.62. The second kappa shape index (κ2) is 7.70. The fourth-order valence-corrected chi connectivity index (χ4v) is 3.45. The molecule has 1 N–H and O–H groups in total. The van der Waals surface area contributed by atoms with E-state index >= 15 is 0 Å². The predicted molar refractivity (Wildman–Crippen MR) is 105 cm³/mol. The predicted octanol–water partition coefficient (Wildman–Crippen LogP) is 3.57. The lowest BCUT2D eigenvalue weighted by molar-refractivity contribution is 0.111. The lowest BCUT2D eigenvalue weighted by atomic mass is 10.1. The number of amides is 2. The van der Waals surface area contributed by atoms with Gasteiger partial charge in [0.2, 0.25) is 0 Å². The number of nitrogens with zero attached hydrogens (tertiary/aromatic N) is 3. The van der Waals surface area contributed by atoms with Crippen LogP contribution in [0.1, 0.15) is 19.8 Å². The van der Waals surface area contributed by atoms with E-state index in [4.69, 9.17) is 4.74 Å². The summed E-state index contributed by atoms with van der Waals surface area (Å²) in [6.45, 7) is 4.07. The third-order valence-electron chi connectivity index (χ3n) is 4.95. The van der Waals surface area contributed by atoms with Crippen LogP contribution in [-0.4, -0.2) is 46.1 Å². The van der Waals surface area contributed by atoms with Crippen molar-refractivity contribution in [1.82, 2.24) is 19.6 Å². The minimum absolute atomic E-state index is 0.0229. The molecule has 1 saturated heterocycles. The van der Waals surface area contributed by atoms with Crippen LogP contribution in [0, 0.1) is 0 Å². The minimum atomic E-state index is 0.0229. The van der Waals surface area contributed by atoms with E-state index in [-0.39, 0.29) is 12.1 Å². The van der Waals surface area contributed by atoms with E-state index in [0.29, 0.717) is 6.54 Å². The number of fused-ring (bicyclic) bond motifs is 1. The number of carbonyl (C=O) groups excluding carboxylic acids is 1. The maximum atomic E-state index is 11.9. The number of ether oxygens (including phenoxy) is 1. The standard InChI is InChI=1S/C21H24N4O2/c1-2-22-21(26)25-12-8-19(9-13-25)27-18-5-3-16(4-6-18)17-7-11-24-14-10-23-20(24)15-17/h3-7,10-11,14-15,19H,2,8-9,12-13H2,1H3,(H,22,26). The molecule has 1 aliphatic heterocycles. The van der Waals surface area contributed by atoms with E-state index in [1.807, 2.05) is 40.8 Å². The number of rotatable bonds is 4. The Labute approximate surface area is 158 Å². The maximum absolute atomic E-state index is 11.9. The fourth-order valence-electron chi connectivity index (χ4n) is 3.45. The van der Waals surface area contributed by atoms with Crippen molar-refractivity contribution >= 4 is 11.7 Å². The first kappa shape index (κ1) is 17.4. The first-order valence-electron chi connectivity index (χ1n) is 9.45. The van der Waals surface area contributed by atoms with Crippen LogP contribution in [0.15, 0.2) is 55.0 Å². The van der Waals surface area contributed by atoms with Gasteiger partial charge < -0.3 is 19.4 Å². The monoisotopic (exact) mass is 364 g/mol. The number of nitrogens with one attached hydrogen (secondary N) is 1. The molecule has 1 aromatic carbocycles. The second-order valence-corrected chi connectivity index (χ2v) is 6.77. The van der Waals surface area contributed by atoms with Crippen LogP contribution in [0.4, 0.5) is 4.79 Å². The normalized spacial score (nSPS) is 15.1. The van der Waals surface area contributed by atoms with Gasteiger partial charge in [0.1, 0.15) is 17.5 Å². The number of hydrogen-bond acceptors (Lipinski definition) is 3. The molecule has 0 radical (unpaired) electrons. The molecule has 0 unspecified atom stereocenters. The van der Waals surface area contributed by atoms with Gasteiger partial charge in [-0.1, -0.05) is 12.1 Å². The van der Waals surface area contributed by atoms with Crippen molar-refractivity contribution in [2.24, 2.45) is 0 Å². The van der Waals surface area contributed by atoms with Crippen LogP contribution < -0.4 is 10.1 Å². The molecule has 0 spiro atoms. The van der Waals surface area contributed by atoms with E-state index in [1.165, 1.54) is 0 Å². The lowest BCUT2D eigenvalue weighted by Gasteiger charge is -2.32. The number of urea groups is 1. The zero-order chi connectivity index (χ0) is 18.6. The summed E-state index contributed by atoms with van der Waals surface area (Å²) in [6, 6.07) is 12.4. The number of imidazole rings is 1. The maximum Gasteiger partial charge on any atom is 0.317 e. The van der Waals surface area contributed by atoms with E-state index in [1.54, 1.807) is 6.20 Å². The number of hydrogen-bond donors (Lipinski definition) is 1. The summed E-state index contributed by atoms with van der Waals surface area (Å²) in [7, 11) is 0. The van der Waals surface area contributed by atoms with E-state index < -0.39 is 0 Å². The topological polar surface area (TPSA) is 58.9 Å². The molecule has 4 rings (SSSR count). The number of likely N-dealkylation sites (tertiary alicyclic amines) is 1. The summed E-state index contributed by atoms with van der Waals surface area (Å²) < 4.78 is 8.11. The molecule has 0 aliphatic carbocycles. The zero-order valence-corrected chi connectivity index (χ0v) is 15.5. The Balaban J connectivity index is 1.36. The van der Waals surface area contributed by atoms with Crippen LogP contribution in [-0.2, 0) is 0 Å². The summed E-state index contributed by atoms with van der Waals surface area (Å²) in [5.74, 6) is 0.872. The molecule has 27 heavy (non-hydrogen) atoms. The third kappa shape index (κ3) is 3.89. The van der Waals surface area contributed by atoms with Crippen molar-refractivity contribution in [3.8, 4) is 16.9 Å². The molecule has 6 heteroatoms. The Bertz CT molecular complexity index is 911. The van der Waals surface area contributed by atoms with Crippen molar-refractivity contribution in [3.63, 3.8) is 0 Å². The Morgan fingerprint density at radius 3 is 2.67 bits per heavy atom. The van der Waals surface area contributed by atoms with Gasteiger partial charge in [-0.3, -0.25) is 0 Å². The summed E-state index contributed by atoms with van der Waals surface area (Å²) in [5.41, 5.74) is 3.21. The Kier molecular flexibility index (Phi) is 4.96. The van der Waals surface area contributed by atoms with Gasteiger partial charge in [0.05, 0.1) is 0 Å². The molecule has 2 aromatic heterocycles. The number of pyridine rings is 1. The van der Waals surface area contributed by atoms with Crippen molar-refractivity contribution in [2.75, 3.05) is 19.6 Å². The summed E-state index contributed by atoms with van der Waals surface area (Å²) in [5, 5.41) is 2.85. The molecule has 1 fully saturated rings. The minimum Gasteiger partial charge on any atom is -0.490 e. The highest BCUT2D eigenvalue weighted by atomic mass is 16.5. The average Bonchev–Trinajstić information content (AvgIpc) is 3.17. The SMILES string of the molecule is CCNC(=O)N1CCC(Oc2ccc(-c3ccn4ccnc4c3)cc2)CC1. The van der Waals surface area contributed by atoms with Crippen LogP contribution in [0.25, 0.3) is 16.8 Å². The van der Waals surface area contributed by atoms with Crippen molar-refractivity contribution in [3.05, 3.63) is 55.0 Å². The molecule has 3 heterocycles. The van der Waals surface area contributed by atoms with Gasteiger partial charge in [0.15, 0.2) is 0 Å².